The van der Waals surface area contributed by atoms with Crippen molar-refractivity contribution < 1.29 is 23.8 Å². The van der Waals surface area contributed by atoms with Gasteiger partial charge in [-0.15, -0.1) is 0 Å². The van der Waals surface area contributed by atoms with Gasteiger partial charge in [0, 0.05) is 29.8 Å². The van der Waals surface area contributed by atoms with Gasteiger partial charge in [-0.25, -0.2) is 5.43 Å². The zero-order valence-corrected chi connectivity index (χ0v) is 17.1. The number of hydrogen-bond donors (Lipinski definition) is 1. The number of benzene rings is 2. The Bertz CT molecular complexity index is 1180. The topological polar surface area (TPSA) is 150 Å². The Morgan fingerprint density at radius 3 is 2.55 bits per heavy atom. The Kier molecular flexibility index (Phi) is 6.72. The van der Waals surface area contributed by atoms with Crippen LogP contribution < -0.4 is 10.2 Å². The minimum Gasteiger partial charge on any atom is -0.483 e. The minimum atomic E-state index is -0.563. The van der Waals surface area contributed by atoms with Gasteiger partial charge < -0.3 is 9.15 Å². The van der Waals surface area contributed by atoms with E-state index in [0.29, 0.717) is 21.6 Å². The van der Waals surface area contributed by atoms with Crippen molar-refractivity contribution in [3.05, 3.63) is 85.1 Å². The molecular weight excluding hydrogens is 476 g/mol. The number of furan rings is 1. The SMILES string of the molecule is O=C(COc1ccc([N+](=O)[O-])cc1Br)NN=Cc1ccc(-c2cccc([N+](=O)[O-])c2)o1. The van der Waals surface area contributed by atoms with Gasteiger partial charge in [-0.3, -0.25) is 25.0 Å². The van der Waals surface area contributed by atoms with Crippen LogP contribution in [0.4, 0.5) is 11.4 Å². The van der Waals surface area contributed by atoms with Gasteiger partial charge in [-0.1, -0.05) is 12.1 Å². The number of rotatable bonds is 8. The second-order valence-corrected chi connectivity index (χ2v) is 6.82. The van der Waals surface area contributed by atoms with Crippen molar-refractivity contribution in [3.8, 4) is 17.1 Å². The second-order valence-electron chi connectivity index (χ2n) is 5.96. The summed E-state index contributed by atoms with van der Waals surface area (Å²) < 4.78 is 11.2. The van der Waals surface area contributed by atoms with Crippen LogP contribution in [0.3, 0.4) is 0 Å². The monoisotopic (exact) mass is 488 g/mol. The average Bonchev–Trinajstić information content (AvgIpc) is 3.21. The molecular formula is C19H13BrN4O7. The largest absolute Gasteiger partial charge is 0.483 e. The lowest BCUT2D eigenvalue weighted by Crippen LogP contribution is -2.24. The van der Waals surface area contributed by atoms with E-state index in [1.54, 1.807) is 24.3 Å². The maximum absolute atomic E-state index is 11.9. The van der Waals surface area contributed by atoms with Crippen LogP contribution in [-0.2, 0) is 4.79 Å². The molecule has 0 saturated carbocycles. The number of carbonyl (C=O) groups excluding carboxylic acids is 1. The summed E-state index contributed by atoms with van der Waals surface area (Å²) in [7, 11) is 0. The Labute approximate surface area is 182 Å². The molecule has 1 amide bonds. The number of ether oxygens (including phenoxy) is 1. The summed E-state index contributed by atoms with van der Waals surface area (Å²) in [5.41, 5.74) is 2.61. The summed E-state index contributed by atoms with van der Waals surface area (Å²) in [5.74, 6) is 0.424. The van der Waals surface area contributed by atoms with Crippen LogP contribution in [0.5, 0.6) is 5.75 Å². The van der Waals surface area contributed by atoms with E-state index >= 15 is 0 Å². The van der Waals surface area contributed by atoms with Gasteiger partial charge in [0.25, 0.3) is 17.3 Å². The molecule has 0 radical (unpaired) electrons. The van der Waals surface area contributed by atoms with Crippen molar-refractivity contribution >= 4 is 39.4 Å². The molecule has 0 unspecified atom stereocenters. The number of non-ortho nitro benzene ring substituents is 2. The first-order chi connectivity index (χ1) is 14.8. The first-order valence-corrected chi connectivity index (χ1v) is 9.36. The smallest absolute Gasteiger partial charge is 0.277 e. The lowest BCUT2D eigenvalue weighted by Gasteiger charge is -2.06. The number of nitrogens with zero attached hydrogens (tertiary/aromatic N) is 3. The molecule has 0 aliphatic heterocycles. The maximum atomic E-state index is 11.9. The summed E-state index contributed by atoms with van der Waals surface area (Å²) in [4.78, 5) is 32.4. The zero-order chi connectivity index (χ0) is 22.4. The molecule has 1 N–H and O–H groups in total. The molecule has 11 nitrogen and oxygen atoms in total. The minimum absolute atomic E-state index is 0.0592. The number of nitro benzene ring substituents is 2. The Morgan fingerprint density at radius 1 is 1.10 bits per heavy atom. The first kappa shape index (κ1) is 21.6. The van der Waals surface area contributed by atoms with E-state index in [1.165, 1.54) is 36.5 Å². The lowest BCUT2D eigenvalue weighted by atomic mass is 10.1. The van der Waals surface area contributed by atoms with Gasteiger partial charge in [0.2, 0.25) is 0 Å². The molecule has 0 spiro atoms. The molecule has 1 heterocycles. The summed E-state index contributed by atoms with van der Waals surface area (Å²) in [5, 5.41) is 25.4. The summed E-state index contributed by atoms with van der Waals surface area (Å²) in [6.45, 7) is -0.370. The molecule has 0 bridgehead atoms. The number of hydrogen-bond acceptors (Lipinski definition) is 8. The molecule has 0 atom stereocenters. The van der Waals surface area contributed by atoms with E-state index in [9.17, 15) is 25.0 Å². The van der Waals surface area contributed by atoms with E-state index in [2.05, 4.69) is 26.5 Å². The third-order valence-electron chi connectivity index (χ3n) is 3.83. The predicted octanol–water partition coefficient (Wildman–Crippen LogP) is 4.05. The van der Waals surface area contributed by atoms with Crippen LogP contribution in [0.1, 0.15) is 5.76 Å². The van der Waals surface area contributed by atoms with Crippen molar-refractivity contribution in [2.45, 2.75) is 0 Å². The molecule has 12 heteroatoms. The van der Waals surface area contributed by atoms with E-state index in [1.807, 2.05) is 0 Å². The van der Waals surface area contributed by atoms with Crippen molar-refractivity contribution in [3.63, 3.8) is 0 Å². The summed E-state index contributed by atoms with van der Waals surface area (Å²) in [6, 6.07) is 13.1. The normalized spacial score (nSPS) is 10.7. The van der Waals surface area contributed by atoms with Crippen LogP contribution in [-0.4, -0.2) is 28.6 Å². The van der Waals surface area contributed by atoms with Gasteiger partial charge in [0.1, 0.15) is 17.3 Å². The van der Waals surface area contributed by atoms with Crippen molar-refractivity contribution in [2.75, 3.05) is 6.61 Å². The highest BCUT2D eigenvalue weighted by Gasteiger charge is 2.12. The van der Waals surface area contributed by atoms with Crippen LogP contribution in [0.25, 0.3) is 11.3 Å². The van der Waals surface area contributed by atoms with Crippen LogP contribution in [0.2, 0.25) is 0 Å². The van der Waals surface area contributed by atoms with E-state index in [-0.39, 0.29) is 23.7 Å². The maximum Gasteiger partial charge on any atom is 0.277 e. The van der Waals surface area contributed by atoms with E-state index < -0.39 is 15.8 Å². The third-order valence-corrected chi connectivity index (χ3v) is 4.45. The molecule has 3 rings (SSSR count). The number of carbonyl (C=O) groups is 1. The Morgan fingerprint density at radius 2 is 1.84 bits per heavy atom. The predicted molar refractivity (Wildman–Crippen MR) is 113 cm³/mol. The molecule has 31 heavy (non-hydrogen) atoms. The quantitative estimate of drug-likeness (QED) is 0.285. The van der Waals surface area contributed by atoms with E-state index in [0.717, 1.165) is 0 Å². The van der Waals surface area contributed by atoms with Crippen molar-refractivity contribution in [2.24, 2.45) is 5.10 Å². The molecule has 158 valence electrons. The van der Waals surface area contributed by atoms with Gasteiger partial charge in [0.05, 0.1) is 20.5 Å². The fraction of sp³-hybridized carbons (Fsp3) is 0.0526. The van der Waals surface area contributed by atoms with Gasteiger partial charge in [-0.05, 0) is 34.1 Å². The average molecular weight is 489 g/mol. The van der Waals surface area contributed by atoms with Crippen molar-refractivity contribution in [1.82, 2.24) is 5.43 Å². The summed E-state index contributed by atoms with van der Waals surface area (Å²) >= 11 is 3.14. The Hall–Kier alpha value is -4.06. The lowest BCUT2D eigenvalue weighted by molar-refractivity contribution is -0.385. The van der Waals surface area contributed by atoms with Crippen LogP contribution in [0.15, 0.2) is 68.6 Å². The molecule has 1 aromatic heterocycles. The van der Waals surface area contributed by atoms with Gasteiger partial charge in [-0.2, -0.15) is 5.10 Å². The number of nitro groups is 2. The highest BCUT2D eigenvalue weighted by molar-refractivity contribution is 9.10. The fourth-order valence-electron chi connectivity index (χ4n) is 2.41. The highest BCUT2D eigenvalue weighted by atomic mass is 79.9. The van der Waals surface area contributed by atoms with Crippen molar-refractivity contribution in [1.29, 1.82) is 0 Å². The van der Waals surface area contributed by atoms with Crippen LogP contribution >= 0.6 is 15.9 Å². The molecule has 3 aromatic rings. The molecule has 0 fully saturated rings. The summed E-state index contributed by atoms with van der Waals surface area (Å²) in [6.07, 6.45) is 1.26. The van der Waals surface area contributed by atoms with Gasteiger partial charge >= 0.3 is 0 Å². The second kappa shape index (κ2) is 9.63. The van der Waals surface area contributed by atoms with Crippen LogP contribution in [0, 0.1) is 20.2 Å². The molecule has 2 aromatic carbocycles. The third kappa shape index (κ3) is 5.73. The first-order valence-electron chi connectivity index (χ1n) is 8.57. The number of hydrazone groups is 1. The number of halogens is 1. The number of nitrogens with one attached hydrogen (secondary N) is 1. The fourth-order valence-corrected chi connectivity index (χ4v) is 2.90. The number of amides is 1. The molecule has 0 aliphatic carbocycles. The highest BCUT2D eigenvalue weighted by Crippen LogP contribution is 2.29. The van der Waals surface area contributed by atoms with E-state index in [4.69, 9.17) is 9.15 Å². The Balaban J connectivity index is 1.54. The van der Waals surface area contributed by atoms with Gasteiger partial charge in [0.15, 0.2) is 6.61 Å². The molecule has 0 aliphatic rings. The molecule has 0 saturated heterocycles. The standard InChI is InChI=1S/C19H13BrN4O7/c20-16-9-14(24(28)29)4-6-18(16)30-11-19(25)22-21-10-15-5-7-17(31-15)12-2-1-3-13(8-12)23(26)27/h1-10H,11H2,(H,22,25). The zero-order valence-electron chi connectivity index (χ0n) is 15.6.